The highest BCUT2D eigenvalue weighted by Crippen LogP contribution is 2.48. The molecule has 4 rings (SSSR count). The van der Waals surface area contributed by atoms with Gasteiger partial charge in [-0.05, 0) is 42.5 Å². The number of aromatic nitrogens is 2. The number of carbonyl (C=O) groups excluding carboxylic acids is 1. The largest absolute Gasteiger partial charge is 0.368 e. The number of piperazine rings is 1. The first-order valence-corrected chi connectivity index (χ1v) is 8.71. The van der Waals surface area contributed by atoms with Crippen LogP contribution in [0.5, 0.6) is 0 Å². The van der Waals surface area contributed by atoms with E-state index >= 15 is 0 Å². The van der Waals surface area contributed by atoms with Gasteiger partial charge in [-0.1, -0.05) is 12.1 Å². The van der Waals surface area contributed by atoms with E-state index in [1.807, 2.05) is 29.0 Å². The maximum Gasteiger partial charge on any atom is 0.226 e. The summed E-state index contributed by atoms with van der Waals surface area (Å²) in [6.45, 7) is 5.60. The van der Waals surface area contributed by atoms with Crippen molar-refractivity contribution in [1.29, 1.82) is 0 Å². The second kappa shape index (κ2) is 5.96. The van der Waals surface area contributed by atoms with Crippen molar-refractivity contribution in [3.05, 3.63) is 47.8 Å². The molecule has 2 atom stereocenters. The van der Waals surface area contributed by atoms with E-state index in [-0.39, 0.29) is 5.92 Å². The van der Waals surface area contributed by atoms with Crippen LogP contribution in [0.1, 0.15) is 23.5 Å². The van der Waals surface area contributed by atoms with Crippen molar-refractivity contribution < 1.29 is 4.79 Å². The Kier molecular flexibility index (Phi) is 3.79. The summed E-state index contributed by atoms with van der Waals surface area (Å²) in [4.78, 5) is 17.2. The van der Waals surface area contributed by atoms with Crippen LogP contribution in [0.4, 0.5) is 5.69 Å². The maximum atomic E-state index is 12.7. The minimum atomic E-state index is 0.166. The Labute approximate surface area is 142 Å². The van der Waals surface area contributed by atoms with Gasteiger partial charge in [0.15, 0.2) is 0 Å². The third-order valence-electron chi connectivity index (χ3n) is 5.22. The van der Waals surface area contributed by atoms with Crippen molar-refractivity contribution in [2.75, 3.05) is 31.1 Å². The number of rotatable bonds is 3. The number of hydrogen-bond acceptors (Lipinski definition) is 3. The summed E-state index contributed by atoms with van der Waals surface area (Å²) in [7, 11) is 1.92. The molecular formula is C19H24N4O. The smallest absolute Gasteiger partial charge is 0.226 e. The quantitative estimate of drug-likeness (QED) is 0.869. The molecule has 0 radical (unpaired) electrons. The van der Waals surface area contributed by atoms with Crippen molar-refractivity contribution in [2.45, 2.75) is 19.3 Å². The first-order valence-electron chi connectivity index (χ1n) is 8.71. The summed E-state index contributed by atoms with van der Waals surface area (Å²) in [5, 5.41) is 4.22. The first kappa shape index (κ1) is 15.2. The monoisotopic (exact) mass is 324 g/mol. The molecule has 1 aromatic heterocycles. The molecule has 5 nitrogen and oxygen atoms in total. The molecule has 24 heavy (non-hydrogen) atoms. The van der Waals surface area contributed by atoms with Gasteiger partial charge in [-0.3, -0.25) is 9.48 Å². The van der Waals surface area contributed by atoms with E-state index in [1.165, 1.54) is 16.8 Å². The highest BCUT2D eigenvalue weighted by Gasteiger charge is 2.46. The van der Waals surface area contributed by atoms with Crippen LogP contribution < -0.4 is 4.90 Å². The predicted molar refractivity (Wildman–Crippen MR) is 94.0 cm³/mol. The van der Waals surface area contributed by atoms with Crippen LogP contribution in [0.3, 0.4) is 0 Å². The second-order valence-corrected chi connectivity index (χ2v) is 7.05. The Morgan fingerprint density at radius 2 is 2.00 bits per heavy atom. The van der Waals surface area contributed by atoms with Crippen LogP contribution in [-0.2, 0) is 11.8 Å². The highest BCUT2D eigenvalue weighted by molar-refractivity contribution is 5.83. The summed E-state index contributed by atoms with van der Waals surface area (Å²) in [6, 6.07) is 8.60. The fraction of sp³-hybridized carbons (Fsp3) is 0.474. The summed E-state index contributed by atoms with van der Waals surface area (Å²) >= 11 is 0. The van der Waals surface area contributed by atoms with Crippen LogP contribution in [0, 0.1) is 12.8 Å². The van der Waals surface area contributed by atoms with Gasteiger partial charge in [0.2, 0.25) is 5.91 Å². The summed E-state index contributed by atoms with van der Waals surface area (Å²) < 4.78 is 1.82. The van der Waals surface area contributed by atoms with Crippen molar-refractivity contribution in [2.24, 2.45) is 13.0 Å². The minimum Gasteiger partial charge on any atom is -0.368 e. The second-order valence-electron chi connectivity index (χ2n) is 7.05. The molecule has 1 amide bonds. The Morgan fingerprint density at radius 1 is 1.21 bits per heavy atom. The molecule has 2 fully saturated rings. The van der Waals surface area contributed by atoms with E-state index in [0.29, 0.717) is 11.8 Å². The molecule has 0 N–H and O–H groups in total. The SMILES string of the molecule is Cc1cccc(N2CCN(C(=O)[C@H]3C[C@H]3c3cnn(C)c3)CC2)c1. The van der Waals surface area contributed by atoms with Crippen molar-refractivity contribution in [3.63, 3.8) is 0 Å². The van der Waals surface area contributed by atoms with Crippen LogP contribution >= 0.6 is 0 Å². The van der Waals surface area contributed by atoms with Crippen molar-refractivity contribution in [1.82, 2.24) is 14.7 Å². The van der Waals surface area contributed by atoms with Gasteiger partial charge in [-0.15, -0.1) is 0 Å². The Hall–Kier alpha value is -2.30. The lowest BCUT2D eigenvalue weighted by Crippen LogP contribution is -2.49. The number of carbonyl (C=O) groups is 1. The zero-order valence-corrected chi connectivity index (χ0v) is 14.4. The van der Waals surface area contributed by atoms with E-state index in [2.05, 4.69) is 41.2 Å². The van der Waals surface area contributed by atoms with E-state index in [9.17, 15) is 4.79 Å². The molecule has 1 saturated carbocycles. The minimum absolute atomic E-state index is 0.166. The van der Waals surface area contributed by atoms with Crippen LogP contribution in [0.25, 0.3) is 0 Å². The molecule has 1 aliphatic carbocycles. The van der Waals surface area contributed by atoms with Gasteiger partial charge in [-0.2, -0.15) is 5.10 Å². The third-order valence-corrected chi connectivity index (χ3v) is 5.22. The van der Waals surface area contributed by atoms with Gasteiger partial charge in [0.25, 0.3) is 0 Å². The fourth-order valence-corrected chi connectivity index (χ4v) is 3.71. The van der Waals surface area contributed by atoms with Gasteiger partial charge in [-0.25, -0.2) is 0 Å². The number of aryl methyl sites for hydroxylation is 2. The van der Waals surface area contributed by atoms with E-state index in [1.54, 1.807) is 0 Å². The summed E-state index contributed by atoms with van der Waals surface area (Å²) in [5.41, 5.74) is 3.75. The molecule has 126 valence electrons. The Balaban J connectivity index is 1.34. The zero-order chi connectivity index (χ0) is 16.7. The lowest BCUT2D eigenvalue weighted by atomic mass is 10.1. The maximum absolute atomic E-state index is 12.7. The lowest BCUT2D eigenvalue weighted by molar-refractivity contribution is -0.132. The molecule has 1 aromatic carbocycles. The predicted octanol–water partition coefficient (Wildman–Crippen LogP) is 2.18. The highest BCUT2D eigenvalue weighted by atomic mass is 16.2. The average molecular weight is 324 g/mol. The van der Waals surface area contributed by atoms with Gasteiger partial charge in [0, 0.05) is 51.0 Å². The van der Waals surface area contributed by atoms with Gasteiger partial charge < -0.3 is 9.80 Å². The zero-order valence-electron chi connectivity index (χ0n) is 14.4. The topological polar surface area (TPSA) is 41.4 Å². The summed E-state index contributed by atoms with van der Waals surface area (Å²) in [5.74, 6) is 0.869. The number of amides is 1. The van der Waals surface area contributed by atoms with Gasteiger partial charge in [0.05, 0.1) is 6.20 Å². The van der Waals surface area contributed by atoms with Gasteiger partial charge in [0.1, 0.15) is 0 Å². The summed E-state index contributed by atoms with van der Waals surface area (Å²) in [6.07, 6.45) is 4.91. The molecule has 0 unspecified atom stereocenters. The molecule has 2 aromatic rings. The number of nitrogens with zero attached hydrogens (tertiary/aromatic N) is 4. The average Bonchev–Trinajstić information content (AvgIpc) is 3.28. The number of hydrogen-bond donors (Lipinski definition) is 0. The molecule has 1 aliphatic heterocycles. The van der Waals surface area contributed by atoms with E-state index in [0.717, 1.165) is 32.6 Å². The molecule has 5 heteroatoms. The third kappa shape index (κ3) is 2.90. The molecule has 0 spiro atoms. The first-order chi connectivity index (χ1) is 11.6. The Morgan fingerprint density at radius 3 is 2.67 bits per heavy atom. The van der Waals surface area contributed by atoms with Crippen LogP contribution in [0.2, 0.25) is 0 Å². The molecule has 2 aliphatic rings. The number of benzene rings is 1. The standard InChI is InChI=1S/C19H24N4O/c1-14-4-3-5-16(10-14)22-6-8-23(9-7-22)19(24)18-11-17(18)15-12-20-21(2)13-15/h3-5,10,12-13,17-18H,6-9,11H2,1-2H3/t17-,18-/m0/s1. The van der Waals surface area contributed by atoms with Crippen molar-refractivity contribution in [3.8, 4) is 0 Å². The fourth-order valence-electron chi connectivity index (χ4n) is 3.71. The van der Waals surface area contributed by atoms with Gasteiger partial charge >= 0.3 is 0 Å². The van der Waals surface area contributed by atoms with E-state index in [4.69, 9.17) is 0 Å². The van der Waals surface area contributed by atoms with E-state index < -0.39 is 0 Å². The molecule has 1 saturated heterocycles. The van der Waals surface area contributed by atoms with Crippen LogP contribution in [-0.4, -0.2) is 46.8 Å². The lowest BCUT2D eigenvalue weighted by Gasteiger charge is -2.36. The molecule has 2 heterocycles. The Bertz CT molecular complexity index is 745. The van der Waals surface area contributed by atoms with Crippen molar-refractivity contribution >= 4 is 11.6 Å². The normalized spacial score (nSPS) is 23.4. The molecule has 0 bridgehead atoms. The number of anilines is 1. The molecular weight excluding hydrogens is 300 g/mol. The van der Waals surface area contributed by atoms with Crippen LogP contribution in [0.15, 0.2) is 36.7 Å².